The first-order valence-corrected chi connectivity index (χ1v) is 10.5. The maximum Gasteiger partial charge on any atom is 0.222 e. The van der Waals surface area contributed by atoms with E-state index >= 15 is 0 Å². The maximum absolute atomic E-state index is 12.6. The van der Waals surface area contributed by atoms with Gasteiger partial charge in [-0.15, -0.1) is 0 Å². The SMILES string of the molecule is CCc1ccc(CCCC(=O)N(C)C2C[C@H]3CC(N(C)C)C[C@H]3C2)cc1. The Kier molecular flexibility index (Phi) is 6.39. The maximum atomic E-state index is 12.6. The first kappa shape index (κ1) is 19.4. The molecule has 2 aliphatic rings. The number of hydrogen-bond donors (Lipinski definition) is 0. The van der Waals surface area contributed by atoms with Crippen molar-refractivity contribution in [3.8, 4) is 0 Å². The minimum atomic E-state index is 0.337. The number of aryl methyl sites for hydroxylation is 2. The Morgan fingerprint density at radius 1 is 0.923 bits per heavy atom. The van der Waals surface area contributed by atoms with Crippen molar-refractivity contribution in [1.82, 2.24) is 9.80 Å². The second-order valence-corrected chi connectivity index (χ2v) is 8.76. The van der Waals surface area contributed by atoms with Crippen molar-refractivity contribution in [2.75, 3.05) is 21.1 Å². The molecule has 144 valence electrons. The quantitative estimate of drug-likeness (QED) is 0.733. The van der Waals surface area contributed by atoms with Crippen LogP contribution in [0.2, 0.25) is 0 Å². The summed E-state index contributed by atoms with van der Waals surface area (Å²) in [7, 11) is 6.44. The third-order valence-electron chi connectivity index (χ3n) is 6.92. The van der Waals surface area contributed by atoms with Crippen molar-refractivity contribution >= 4 is 5.91 Å². The van der Waals surface area contributed by atoms with Gasteiger partial charge in [-0.3, -0.25) is 4.79 Å². The van der Waals surface area contributed by atoms with Crippen LogP contribution in [0.5, 0.6) is 0 Å². The van der Waals surface area contributed by atoms with E-state index in [1.54, 1.807) is 0 Å². The summed E-state index contributed by atoms with van der Waals surface area (Å²) in [5, 5.41) is 0. The van der Waals surface area contributed by atoms with E-state index in [1.807, 2.05) is 7.05 Å². The first-order valence-electron chi connectivity index (χ1n) is 10.5. The average Bonchev–Trinajstić information content (AvgIpc) is 3.20. The molecule has 0 aliphatic heterocycles. The fourth-order valence-electron chi connectivity index (χ4n) is 5.06. The zero-order valence-electron chi connectivity index (χ0n) is 17.1. The molecule has 3 heteroatoms. The highest BCUT2D eigenvalue weighted by Gasteiger charge is 2.43. The fraction of sp³-hybridized carbons (Fsp3) is 0.696. The molecule has 0 heterocycles. The summed E-state index contributed by atoms with van der Waals surface area (Å²) in [6, 6.07) is 10.1. The van der Waals surface area contributed by atoms with E-state index in [4.69, 9.17) is 0 Å². The molecule has 0 aromatic heterocycles. The van der Waals surface area contributed by atoms with Crippen LogP contribution in [-0.2, 0) is 17.6 Å². The third kappa shape index (κ3) is 4.49. The standard InChI is InChI=1S/C23H36N2O/c1-5-17-9-11-18(12-10-17)7-6-8-23(26)25(4)22-15-19-13-21(24(2)3)14-20(19)16-22/h9-12,19-22H,5-8,13-16H2,1-4H3/t19-,20+,21?,22?. The highest BCUT2D eigenvalue weighted by molar-refractivity contribution is 5.76. The number of amides is 1. The molecular formula is C23H36N2O. The summed E-state index contributed by atoms with van der Waals surface area (Å²) >= 11 is 0. The Bertz CT molecular complexity index is 581. The van der Waals surface area contributed by atoms with Gasteiger partial charge in [0.1, 0.15) is 0 Å². The van der Waals surface area contributed by atoms with Crippen LogP contribution in [0.3, 0.4) is 0 Å². The molecule has 26 heavy (non-hydrogen) atoms. The molecule has 0 radical (unpaired) electrons. The lowest BCUT2D eigenvalue weighted by Crippen LogP contribution is -2.36. The van der Waals surface area contributed by atoms with E-state index in [0.717, 1.165) is 37.1 Å². The predicted molar refractivity (Wildman–Crippen MR) is 108 cm³/mol. The zero-order chi connectivity index (χ0) is 18.7. The number of carbonyl (C=O) groups is 1. The summed E-state index contributed by atoms with van der Waals surface area (Å²) in [6.45, 7) is 2.18. The normalized spacial score (nSPS) is 27.7. The highest BCUT2D eigenvalue weighted by atomic mass is 16.2. The molecule has 3 nitrogen and oxygen atoms in total. The lowest BCUT2D eigenvalue weighted by molar-refractivity contribution is -0.132. The second kappa shape index (κ2) is 8.56. The smallest absolute Gasteiger partial charge is 0.222 e. The van der Waals surface area contributed by atoms with Crippen LogP contribution in [0, 0.1) is 11.8 Å². The number of fused-ring (bicyclic) bond motifs is 1. The molecule has 0 saturated heterocycles. The van der Waals surface area contributed by atoms with E-state index in [9.17, 15) is 4.79 Å². The Hall–Kier alpha value is -1.35. The van der Waals surface area contributed by atoms with Gasteiger partial charge < -0.3 is 9.80 Å². The monoisotopic (exact) mass is 356 g/mol. The van der Waals surface area contributed by atoms with E-state index in [0.29, 0.717) is 18.4 Å². The van der Waals surface area contributed by atoms with E-state index in [2.05, 4.69) is 55.1 Å². The van der Waals surface area contributed by atoms with Gasteiger partial charge in [0.05, 0.1) is 0 Å². The minimum absolute atomic E-state index is 0.337. The molecule has 1 amide bonds. The summed E-state index contributed by atoms with van der Waals surface area (Å²) in [5.41, 5.74) is 2.73. The van der Waals surface area contributed by atoms with E-state index < -0.39 is 0 Å². The van der Waals surface area contributed by atoms with Gasteiger partial charge in [0.25, 0.3) is 0 Å². The largest absolute Gasteiger partial charge is 0.343 e. The predicted octanol–water partition coefficient (Wildman–Crippen LogP) is 4.15. The highest BCUT2D eigenvalue weighted by Crippen LogP contribution is 2.46. The zero-order valence-corrected chi connectivity index (χ0v) is 17.1. The first-order chi connectivity index (χ1) is 12.5. The van der Waals surface area contributed by atoms with Crippen LogP contribution in [0.1, 0.15) is 56.6 Å². The molecule has 3 rings (SSSR count). The molecule has 0 spiro atoms. The number of hydrogen-bond acceptors (Lipinski definition) is 2. The third-order valence-corrected chi connectivity index (χ3v) is 6.92. The molecular weight excluding hydrogens is 320 g/mol. The molecule has 0 bridgehead atoms. The molecule has 2 fully saturated rings. The van der Waals surface area contributed by atoms with Crippen molar-refractivity contribution in [3.05, 3.63) is 35.4 Å². The molecule has 2 unspecified atom stereocenters. The van der Waals surface area contributed by atoms with Crippen molar-refractivity contribution in [1.29, 1.82) is 0 Å². The number of benzene rings is 1. The van der Waals surface area contributed by atoms with Crippen LogP contribution in [0.15, 0.2) is 24.3 Å². The summed E-state index contributed by atoms with van der Waals surface area (Å²) < 4.78 is 0. The van der Waals surface area contributed by atoms with Crippen LogP contribution >= 0.6 is 0 Å². The Balaban J connectivity index is 1.41. The molecule has 1 aromatic carbocycles. The van der Waals surface area contributed by atoms with Gasteiger partial charge in [-0.25, -0.2) is 0 Å². The van der Waals surface area contributed by atoms with E-state index in [-0.39, 0.29) is 0 Å². The summed E-state index contributed by atoms with van der Waals surface area (Å²) in [5.74, 6) is 2.00. The van der Waals surface area contributed by atoms with Crippen molar-refractivity contribution in [3.63, 3.8) is 0 Å². The Morgan fingerprint density at radius 2 is 1.46 bits per heavy atom. The van der Waals surface area contributed by atoms with Crippen molar-refractivity contribution in [2.45, 2.75) is 70.4 Å². The summed E-state index contributed by atoms with van der Waals surface area (Å²) in [6.07, 6.45) is 8.81. The van der Waals surface area contributed by atoms with Crippen LogP contribution in [-0.4, -0.2) is 48.9 Å². The fourth-order valence-corrected chi connectivity index (χ4v) is 5.06. The lowest BCUT2D eigenvalue weighted by atomic mass is 10.0. The Morgan fingerprint density at radius 3 is 2.00 bits per heavy atom. The van der Waals surface area contributed by atoms with Gasteiger partial charge in [-0.05, 0) is 82.0 Å². The van der Waals surface area contributed by atoms with Crippen LogP contribution < -0.4 is 0 Å². The number of rotatable bonds is 7. The molecule has 2 saturated carbocycles. The summed E-state index contributed by atoms with van der Waals surface area (Å²) in [4.78, 5) is 17.1. The lowest BCUT2D eigenvalue weighted by Gasteiger charge is -2.27. The molecule has 0 N–H and O–H groups in total. The topological polar surface area (TPSA) is 23.6 Å². The van der Waals surface area contributed by atoms with Crippen LogP contribution in [0.4, 0.5) is 0 Å². The van der Waals surface area contributed by atoms with Gasteiger partial charge in [-0.2, -0.15) is 0 Å². The minimum Gasteiger partial charge on any atom is -0.343 e. The van der Waals surface area contributed by atoms with Gasteiger partial charge in [0.15, 0.2) is 0 Å². The Labute approximate surface area is 159 Å². The van der Waals surface area contributed by atoms with Gasteiger partial charge in [-0.1, -0.05) is 31.2 Å². The van der Waals surface area contributed by atoms with Crippen LogP contribution in [0.25, 0.3) is 0 Å². The van der Waals surface area contributed by atoms with Crippen molar-refractivity contribution in [2.24, 2.45) is 11.8 Å². The van der Waals surface area contributed by atoms with E-state index in [1.165, 1.54) is 36.8 Å². The molecule has 4 atom stereocenters. The van der Waals surface area contributed by atoms with Gasteiger partial charge in [0, 0.05) is 25.6 Å². The van der Waals surface area contributed by atoms with Crippen molar-refractivity contribution < 1.29 is 4.79 Å². The average molecular weight is 357 g/mol. The van der Waals surface area contributed by atoms with Gasteiger partial charge >= 0.3 is 0 Å². The number of carbonyl (C=O) groups excluding carboxylic acids is 1. The molecule has 2 aliphatic carbocycles. The van der Waals surface area contributed by atoms with Gasteiger partial charge in [0.2, 0.25) is 5.91 Å². The molecule has 1 aromatic rings. The second-order valence-electron chi connectivity index (χ2n) is 8.76. The number of nitrogens with zero attached hydrogens (tertiary/aromatic N) is 2.